The van der Waals surface area contributed by atoms with Crippen LogP contribution in [-0.2, 0) is 6.18 Å². The SMILES string of the molecule is C[C@@H](NN)c1cccc(C(F)(F)F)c1. The van der Waals surface area contributed by atoms with Crippen molar-refractivity contribution in [3.05, 3.63) is 35.4 Å². The second kappa shape index (κ2) is 3.98. The molecule has 1 atom stereocenters. The summed E-state index contributed by atoms with van der Waals surface area (Å²) in [5.41, 5.74) is 2.25. The highest BCUT2D eigenvalue weighted by atomic mass is 19.4. The number of hydrogen-bond acceptors (Lipinski definition) is 2. The molecule has 0 spiro atoms. The van der Waals surface area contributed by atoms with E-state index < -0.39 is 11.7 Å². The van der Waals surface area contributed by atoms with Gasteiger partial charge in [-0.25, -0.2) is 0 Å². The lowest BCUT2D eigenvalue weighted by molar-refractivity contribution is -0.137. The van der Waals surface area contributed by atoms with Crippen LogP contribution in [0.5, 0.6) is 0 Å². The summed E-state index contributed by atoms with van der Waals surface area (Å²) < 4.78 is 36.9. The zero-order valence-electron chi connectivity index (χ0n) is 7.60. The second-order valence-electron chi connectivity index (χ2n) is 3.01. The summed E-state index contributed by atoms with van der Waals surface area (Å²) in [6.45, 7) is 1.69. The van der Waals surface area contributed by atoms with Crippen molar-refractivity contribution in [2.24, 2.45) is 5.84 Å². The van der Waals surface area contributed by atoms with Crippen LogP contribution in [0.3, 0.4) is 0 Å². The molecule has 1 aromatic rings. The Labute approximate surface area is 79.9 Å². The molecule has 0 aliphatic heterocycles. The molecule has 1 aromatic carbocycles. The van der Waals surface area contributed by atoms with E-state index in [1.807, 2.05) is 0 Å². The zero-order chi connectivity index (χ0) is 10.8. The molecule has 1 rings (SSSR count). The van der Waals surface area contributed by atoms with E-state index in [9.17, 15) is 13.2 Å². The van der Waals surface area contributed by atoms with Crippen molar-refractivity contribution in [1.29, 1.82) is 0 Å². The standard InChI is InChI=1S/C9H11F3N2/c1-6(14-13)7-3-2-4-8(5-7)9(10,11)12/h2-6,14H,13H2,1H3/t6-/m1/s1. The van der Waals surface area contributed by atoms with Gasteiger partial charge in [-0.1, -0.05) is 12.1 Å². The second-order valence-corrected chi connectivity index (χ2v) is 3.01. The van der Waals surface area contributed by atoms with Gasteiger partial charge in [0.2, 0.25) is 0 Å². The van der Waals surface area contributed by atoms with Crippen molar-refractivity contribution in [2.45, 2.75) is 19.1 Å². The van der Waals surface area contributed by atoms with Gasteiger partial charge in [0.15, 0.2) is 0 Å². The topological polar surface area (TPSA) is 38.0 Å². The lowest BCUT2D eigenvalue weighted by Crippen LogP contribution is -2.25. The average molecular weight is 204 g/mol. The van der Waals surface area contributed by atoms with Crippen LogP contribution in [0.2, 0.25) is 0 Å². The minimum atomic E-state index is -4.30. The Bertz CT molecular complexity index is 309. The normalized spacial score (nSPS) is 14.1. The Morgan fingerprint density at radius 2 is 2.00 bits per heavy atom. The van der Waals surface area contributed by atoms with E-state index in [-0.39, 0.29) is 6.04 Å². The molecule has 0 aromatic heterocycles. The molecular weight excluding hydrogens is 193 g/mol. The first kappa shape index (κ1) is 11.0. The fraction of sp³-hybridized carbons (Fsp3) is 0.333. The minimum Gasteiger partial charge on any atom is -0.271 e. The molecule has 0 saturated carbocycles. The first-order valence-corrected chi connectivity index (χ1v) is 4.08. The van der Waals surface area contributed by atoms with Gasteiger partial charge < -0.3 is 0 Å². The summed E-state index contributed by atoms with van der Waals surface area (Å²) >= 11 is 0. The first-order chi connectivity index (χ1) is 6.45. The third-order valence-corrected chi connectivity index (χ3v) is 1.96. The summed E-state index contributed by atoms with van der Waals surface area (Å²) in [6, 6.07) is 4.79. The van der Waals surface area contributed by atoms with Gasteiger partial charge in [-0.15, -0.1) is 0 Å². The lowest BCUT2D eigenvalue weighted by Gasteiger charge is -2.13. The molecule has 2 nitrogen and oxygen atoms in total. The Morgan fingerprint density at radius 1 is 1.36 bits per heavy atom. The number of hydrazine groups is 1. The van der Waals surface area contributed by atoms with Crippen molar-refractivity contribution in [3.8, 4) is 0 Å². The quantitative estimate of drug-likeness (QED) is 0.572. The molecule has 5 heteroatoms. The van der Waals surface area contributed by atoms with Crippen molar-refractivity contribution >= 4 is 0 Å². The van der Waals surface area contributed by atoms with Gasteiger partial charge in [-0.05, 0) is 24.6 Å². The number of halogens is 3. The molecule has 0 fully saturated rings. The van der Waals surface area contributed by atoms with Crippen LogP contribution in [0.4, 0.5) is 13.2 Å². The predicted molar refractivity (Wildman–Crippen MR) is 47.2 cm³/mol. The van der Waals surface area contributed by atoms with Crippen LogP contribution < -0.4 is 11.3 Å². The molecule has 0 amide bonds. The summed E-state index contributed by atoms with van der Waals surface area (Å²) in [5, 5.41) is 0. The van der Waals surface area contributed by atoms with Gasteiger partial charge in [0.1, 0.15) is 0 Å². The number of rotatable bonds is 2. The smallest absolute Gasteiger partial charge is 0.271 e. The van der Waals surface area contributed by atoms with Gasteiger partial charge in [0.25, 0.3) is 0 Å². The molecule has 0 heterocycles. The molecule has 3 N–H and O–H groups in total. The Hall–Kier alpha value is -1.07. The molecule has 0 unspecified atom stereocenters. The minimum absolute atomic E-state index is 0.294. The summed E-state index contributed by atoms with van der Waals surface area (Å²) in [5.74, 6) is 5.13. The van der Waals surface area contributed by atoms with Crippen molar-refractivity contribution in [3.63, 3.8) is 0 Å². The van der Waals surface area contributed by atoms with E-state index in [1.165, 1.54) is 6.07 Å². The molecule has 0 radical (unpaired) electrons. The van der Waals surface area contributed by atoms with E-state index in [0.717, 1.165) is 12.1 Å². The third kappa shape index (κ3) is 2.46. The van der Waals surface area contributed by atoms with E-state index in [2.05, 4.69) is 5.43 Å². The lowest BCUT2D eigenvalue weighted by atomic mass is 10.1. The Balaban J connectivity index is 3.01. The molecule has 0 aliphatic rings. The number of hydrogen-bond donors (Lipinski definition) is 2. The Morgan fingerprint density at radius 3 is 2.50 bits per heavy atom. The molecule has 78 valence electrons. The van der Waals surface area contributed by atoms with Gasteiger partial charge in [0, 0.05) is 6.04 Å². The van der Waals surface area contributed by atoms with E-state index >= 15 is 0 Å². The number of nitrogens with two attached hydrogens (primary N) is 1. The predicted octanol–water partition coefficient (Wildman–Crippen LogP) is 2.23. The Kier molecular flexibility index (Phi) is 3.13. The van der Waals surface area contributed by atoms with Gasteiger partial charge in [0.05, 0.1) is 5.56 Å². The largest absolute Gasteiger partial charge is 0.416 e. The number of alkyl halides is 3. The fourth-order valence-corrected chi connectivity index (χ4v) is 1.08. The summed E-state index contributed by atoms with van der Waals surface area (Å²) in [7, 11) is 0. The number of benzene rings is 1. The number of nitrogens with one attached hydrogen (secondary N) is 1. The summed E-state index contributed by atoms with van der Waals surface area (Å²) in [6.07, 6.45) is -4.30. The molecule has 0 saturated heterocycles. The maximum Gasteiger partial charge on any atom is 0.416 e. The summed E-state index contributed by atoms with van der Waals surface area (Å²) in [4.78, 5) is 0. The van der Waals surface area contributed by atoms with Gasteiger partial charge >= 0.3 is 6.18 Å². The van der Waals surface area contributed by atoms with E-state index in [4.69, 9.17) is 5.84 Å². The van der Waals surface area contributed by atoms with Crippen molar-refractivity contribution in [1.82, 2.24) is 5.43 Å². The third-order valence-electron chi connectivity index (χ3n) is 1.96. The van der Waals surface area contributed by atoms with Crippen LogP contribution >= 0.6 is 0 Å². The molecule has 0 bridgehead atoms. The van der Waals surface area contributed by atoms with E-state index in [1.54, 1.807) is 13.0 Å². The highest BCUT2D eigenvalue weighted by Gasteiger charge is 2.30. The monoisotopic (exact) mass is 204 g/mol. The maximum absolute atomic E-state index is 12.3. The van der Waals surface area contributed by atoms with Crippen molar-refractivity contribution in [2.75, 3.05) is 0 Å². The van der Waals surface area contributed by atoms with Crippen LogP contribution in [0.1, 0.15) is 24.1 Å². The zero-order valence-corrected chi connectivity index (χ0v) is 7.60. The first-order valence-electron chi connectivity index (χ1n) is 4.08. The van der Waals surface area contributed by atoms with Crippen LogP contribution in [-0.4, -0.2) is 0 Å². The highest BCUT2D eigenvalue weighted by Crippen LogP contribution is 2.30. The maximum atomic E-state index is 12.3. The average Bonchev–Trinajstić information content (AvgIpc) is 2.15. The van der Waals surface area contributed by atoms with Gasteiger partial charge in [-0.3, -0.25) is 11.3 Å². The molecule has 14 heavy (non-hydrogen) atoms. The molecule has 0 aliphatic carbocycles. The highest BCUT2D eigenvalue weighted by molar-refractivity contribution is 5.27. The van der Waals surface area contributed by atoms with Crippen LogP contribution in [0.15, 0.2) is 24.3 Å². The van der Waals surface area contributed by atoms with Crippen LogP contribution in [0.25, 0.3) is 0 Å². The van der Waals surface area contributed by atoms with E-state index in [0.29, 0.717) is 5.56 Å². The molecular formula is C9H11F3N2. The fourth-order valence-electron chi connectivity index (χ4n) is 1.08. The van der Waals surface area contributed by atoms with Gasteiger partial charge in [-0.2, -0.15) is 13.2 Å². The van der Waals surface area contributed by atoms with Crippen molar-refractivity contribution < 1.29 is 13.2 Å². The van der Waals surface area contributed by atoms with Crippen LogP contribution in [0, 0.1) is 0 Å².